The van der Waals surface area contributed by atoms with Crippen molar-refractivity contribution in [3.05, 3.63) is 42.5 Å². The van der Waals surface area contributed by atoms with Gasteiger partial charge < -0.3 is 10.6 Å². The maximum absolute atomic E-state index is 12.5. The summed E-state index contributed by atoms with van der Waals surface area (Å²) < 4.78 is 0.187. The molecule has 1 aliphatic heterocycles. The Labute approximate surface area is 135 Å². The van der Waals surface area contributed by atoms with Gasteiger partial charge in [-0.1, -0.05) is 32.6 Å². The van der Waals surface area contributed by atoms with Crippen molar-refractivity contribution in [1.82, 2.24) is 5.32 Å². The van der Waals surface area contributed by atoms with E-state index in [1.165, 1.54) is 6.08 Å². The third-order valence-electron chi connectivity index (χ3n) is 3.65. The Hall–Kier alpha value is -1.75. The third-order valence-corrected chi connectivity index (χ3v) is 5.04. The number of anilines is 1. The number of thioether (sulfide) groups is 1. The molecule has 1 heterocycles. The molecule has 0 saturated carbocycles. The van der Waals surface area contributed by atoms with Crippen LogP contribution in [0.5, 0.6) is 0 Å². The lowest BCUT2D eigenvalue weighted by atomic mass is 9.99. The number of benzene rings is 1. The van der Waals surface area contributed by atoms with Crippen LogP contribution in [0.4, 0.5) is 5.69 Å². The molecule has 2 N–H and O–H groups in total. The standard InChI is InChI=1S/C17H22N2O2S/c1-4-15(20)19-14-8-6-5-7-13(14)16(21)18-12-9-10-22-17(2,3)11-12/h4-8,12H,1,9-11H2,2-3H3,(H,18,21)(H,19,20). The molecule has 1 unspecified atom stereocenters. The van der Waals surface area contributed by atoms with Gasteiger partial charge in [0.15, 0.2) is 0 Å². The summed E-state index contributed by atoms with van der Waals surface area (Å²) in [6.45, 7) is 7.83. The van der Waals surface area contributed by atoms with Crippen LogP contribution in [0.15, 0.2) is 36.9 Å². The predicted molar refractivity (Wildman–Crippen MR) is 92.3 cm³/mol. The first-order valence-electron chi connectivity index (χ1n) is 7.38. The average Bonchev–Trinajstić information content (AvgIpc) is 2.46. The minimum Gasteiger partial charge on any atom is -0.349 e. The van der Waals surface area contributed by atoms with E-state index >= 15 is 0 Å². The Bertz CT molecular complexity index is 584. The third kappa shape index (κ3) is 4.37. The van der Waals surface area contributed by atoms with Crippen LogP contribution in [0.25, 0.3) is 0 Å². The molecule has 2 amide bonds. The summed E-state index contributed by atoms with van der Waals surface area (Å²) in [7, 11) is 0. The highest BCUT2D eigenvalue weighted by molar-refractivity contribution is 8.00. The maximum Gasteiger partial charge on any atom is 0.253 e. The van der Waals surface area contributed by atoms with Crippen molar-refractivity contribution >= 4 is 29.3 Å². The van der Waals surface area contributed by atoms with Gasteiger partial charge in [0, 0.05) is 10.8 Å². The Balaban J connectivity index is 2.09. The molecule has 1 aliphatic rings. The van der Waals surface area contributed by atoms with E-state index in [1.54, 1.807) is 24.3 Å². The first kappa shape index (κ1) is 16.6. The Morgan fingerprint density at radius 1 is 1.36 bits per heavy atom. The van der Waals surface area contributed by atoms with E-state index in [0.717, 1.165) is 18.6 Å². The van der Waals surface area contributed by atoms with Gasteiger partial charge >= 0.3 is 0 Å². The zero-order chi connectivity index (χ0) is 16.2. The van der Waals surface area contributed by atoms with E-state index < -0.39 is 0 Å². The summed E-state index contributed by atoms with van der Waals surface area (Å²) in [6.07, 6.45) is 3.11. The smallest absolute Gasteiger partial charge is 0.253 e. The summed E-state index contributed by atoms with van der Waals surface area (Å²) >= 11 is 1.94. The van der Waals surface area contributed by atoms with E-state index in [0.29, 0.717) is 11.3 Å². The van der Waals surface area contributed by atoms with Crippen LogP contribution >= 0.6 is 11.8 Å². The zero-order valence-corrected chi connectivity index (χ0v) is 13.8. The highest BCUT2D eigenvalue weighted by Gasteiger charge is 2.29. The second kappa shape index (κ2) is 7.01. The van der Waals surface area contributed by atoms with E-state index in [2.05, 4.69) is 31.1 Å². The molecule has 1 saturated heterocycles. The fraction of sp³-hybridized carbons (Fsp3) is 0.412. The molecule has 0 spiro atoms. The molecule has 0 radical (unpaired) electrons. The largest absolute Gasteiger partial charge is 0.349 e. The highest BCUT2D eigenvalue weighted by atomic mass is 32.2. The van der Waals surface area contributed by atoms with Crippen molar-refractivity contribution in [2.75, 3.05) is 11.1 Å². The van der Waals surface area contributed by atoms with Gasteiger partial charge in [0.2, 0.25) is 5.91 Å². The second-order valence-electron chi connectivity index (χ2n) is 6.01. The average molecular weight is 318 g/mol. The Kier molecular flexibility index (Phi) is 5.29. The van der Waals surface area contributed by atoms with Gasteiger partial charge in [0.1, 0.15) is 0 Å². The minimum absolute atomic E-state index is 0.146. The number of nitrogens with one attached hydrogen (secondary N) is 2. The van der Waals surface area contributed by atoms with Crippen molar-refractivity contribution in [2.45, 2.75) is 37.5 Å². The summed E-state index contributed by atoms with van der Waals surface area (Å²) in [4.78, 5) is 24.0. The number of para-hydroxylation sites is 1. The summed E-state index contributed by atoms with van der Waals surface area (Å²) in [5.41, 5.74) is 0.989. The van der Waals surface area contributed by atoms with Gasteiger partial charge in [-0.15, -0.1) is 0 Å². The van der Waals surface area contributed by atoms with Crippen molar-refractivity contribution in [3.63, 3.8) is 0 Å². The van der Waals surface area contributed by atoms with Crippen LogP contribution in [0.2, 0.25) is 0 Å². The van der Waals surface area contributed by atoms with Crippen LogP contribution in [-0.2, 0) is 4.79 Å². The van der Waals surface area contributed by atoms with Crippen molar-refractivity contribution in [2.24, 2.45) is 0 Å². The van der Waals surface area contributed by atoms with Gasteiger partial charge in [0.05, 0.1) is 11.3 Å². The first-order valence-corrected chi connectivity index (χ1v) is 8.37. The van der Waals surface area contributed by atoms with E-state index in [4.69, 9.17) is 0 Å². The van der Waals surface area contributed by atoms with Gasteiger partial charge in [-0.05, 0) is 36.8 Å². The van der Waals surface area contributed by atoms with Crippen LogP contribution in [-0.4, -0.2) is 28.4 Å². The summed E-state index contributed by atoms with van der Waals surface area (Å²) in [5.74, 6) is 0.579. The topological polar surface area (TPSA) is 58.2 Å². The normalized spacial score (nSPS) is 20.0. The number of rotatable bonds is 4. The molecule has 4 nitrogen and oxygen atoms in total. The highest BCUT2D eigenvalue weighted by Crippen LogP contribution is 2.35. The molecule has 0 aliphatic carbocycles. The number of carbonyl (C=O) groups is 2. The molecule has 2 rings (SSSR count). The fourth-order valence-corrected chi connectivity index (χ4v) is 3.87. The van der Waals surface area contributed by atoms with Gasteiger partial charge in [-0.3, -0.25) is 9.59 Å². The monoisotopic (exact) mass is 318 g/mol. The lowest BCUT2D eigenvalue weighted by molar-refractivity contribution is -0.111. The Morgan fingerprint density at radius 2 is 2.09 bits per heavy atom. The van der Waals surface area contributed by atoms with Gasteiger partial charge in [-0.25, -0.2) is 0 Å². The molecule has 118 valence electrons. The number of carbonyl (C=O) groups excluding carboxylic acids is 2. The fourth-order valence-electron chi connectivity index (χ4n) is 2.59. The van der Waals surface area contributed by atoms with Crippen molar-refractivity contribution in [1.29, 1.82) is 0 Å². The molecule has 1 aromatic carbocycles. The van der Waals surface area contributed by atoms with Crippen LogP contribution in [0.3, 0.4) is 0 Å². The van der Waals surface area contributed by atoms with E-state index in [1.807, 2.05) is 11.8 Å². The summed E-state index contributed by atoms with van der Waals surface area (Å²) in [6, 6.07) is 7.19. The number of hydrogen-bond donors (Lipinski definition) is 2. The van der Waals surface area contributed by atoms with Gasteiger partial charge in [-0.2, -0.15) is 11.8 Å². The maximum atomic E-state index is 12.5. The number of hydrogen-bond acceptors (Lipinski definition) is 3. The molecule has 1 atom stereocenters. The quantitative estimate of drug-likeness (QED) is 0.838. The van der Waals surface area contributed by atoms with Crippen LogP contribution in [0.1, 0.15) is 37.0 Å². The van der Waals surface area contributed by atoms with E-state index in [-0.39, 0.29) is 22.6 Å². The lowest BCUT2D eigenvalue weighted by Gasteiger charge is -2.35. The summed E-state index contributed by atoms with van der Waals surface area (Å²) in [5, 5.41) is 5.77. The Morgan fingerprint density at radius 3 is 2.77 bits per heavy atom. The predicted octanol–water partition coefficient (Wildman–Crippen LogP) is 3.22. The minimum atomic E-state index is -0.324. The molecular formula is C17H22N2O2S. The van der Waals surface area contributed by atoms with Gasteiger partial charge in [0.25, 0.3) is 5.91 Å². The zero-order valence-electron chi connectivity index (χ0n) is 13.0. The number of amides is 2. The van der Waals surface area contributed by atoms with Crippen LogP contribution < -0.4 is 10.6 Å². The molecule has 1 aromatic rings. The molecule has 5 heteroatoms. The molecule has 0 bridgehead atoms. The molecule has 1 fully saturated rings. The van der Waals surface area contributed by atoms with Crippen molar-refractivity contribution < 1.29 is 9.59 Å². The molecule has 22 heavy (non-hydrogen) atoms. The second-order valence-corrected chi connectivity index (χ2v) is 7.81. The lowest BCUT2D eigenvalue weighted by Crippen LogP contribution is -2.42. The molecular weight excluding hydrogens is 296 g/mol. The van der Waals surface area contributed by atoms with Crippen LogP contribution in [0, 0.1) is 0 Å². The SMILES string of the molecule is C=CC(=O)Nc1ccccc1C(=O)NC1CCSC(C)(C)C1. The molecule has 0 aromatic heterocycles. The van der Waals surface area contributed by atoms with Crippen molar-refractivity contribution in [3.8, 4) is 0 Å². The van der Waals surface area contributed by atoms with E-state index in [9.17, 15) is 9.59 Å². The first-order chi connectivity index (χ1) is 10.4.